The molecule has 0 aliphatic heterocycles. The summed E-state index contributed by atoms with van der Waals surface area (Å²) >= 11 is 4.68. The number of pyridine rings is 1. The van der Waals surface area contributed by atoms with E-state index in [1.807, 2.05) is 0 Å². The molecule has 0 fully saturated rings. The van der Waals surface area contributed by atoms with Gasteiger partial charge in [0.1, 0.15) is 0 Å². The zero-order valence-electron chi connectivity index (χ0n) is 6.40. The number of thiocarbonyl (C=S) groups is 1. The number of hydrogen-bond acceptors (Lipinski definition) is 3. The van der Waals surface area contributed by atoms with Crippen molar-refractivity contribution in [3.05, 3.63) is 36.2 Å². The normalized spacial score (nSPS) is 11.2. The average molecular weight is 179 g/mol. The van der Waals surface area contributed by atoms with Gasteiger partial charge in [0.05, 0.1) is 4.99 Å². The van der Waals surface area contributed by atoms with Gasteiger partial charge in [-0.25, -0.2) is 0 Å². The van der Waals surface area contributed by atoms with E-state index in [1.165, 1.54) is 0 Å². The van der Waals surface area contributed by atoms with Gasteiger partial charge in [-0.05, 0) is 18.2 Å². The summed E-state index contributed by atoms with van der Waals surface area (Å²) in [7, 11) is 0. The zero-order chi connectivity index (χ0) is 8.97. The zero-order valence-corrected chi connectivity index (χ0v) is 7.21. The molecule has 0 amide bonds. The van der Waals surface area contributed by atoms with E-state index in [9.17, 15) is 0 Å². The lowest BCUT2D eigenvalue weighted by Gasteiger charge is -1.98. The van der Waals surface area contributed by atoms with Crippen LogP contribution in [0.5, 0.6) is 0 Å². The Balaban J connectivity index is 2.93. The van der Waals surface area contributed by atoms with Crippen LogP contribution in [0.2, 0.25) is 0 Å². The van der Waals surface area contributed by atoms with Gasteiger partial charge >= 0.3 is 0 Å². The first-order valence-corrected chi connectivity index (χ1v) is 3.78. The van der Waals surface area contributed by atoms with E-state index in [1.54, 1.807) is 30.6 Å². The van der Waals surface area contributed by atoms with Gasteiger partial charge in [-0.1, -0.05) is 12.2 Å². The predicted octanol–water partition coefficient (Wildman–Crippen LogP) is 0.667. The van der Waals surface area contributed by atoms with E-state index in [0.717, 1.165) is 5.56 Å². The summed E-state index contributed by atoms with van der Waals surface area (Å²) in [5, 5.41) is 0. The molecule has 1 rings (SSSR count). The van der Waals surface area contributed by atoms with Gasteiger partial charge in [-0.3, -0.25) is 4.98 Å². The maximum absolute atomic E-state index is 5.66. The van der Waals surface area contributed by atoms with Gasteiger partial charge in [0.2, 0.25) is 0 Å². The molecule has 0 saturated heterocycles. The van der Waals surface area contributed by atoms with Crippen molar-refractivity contribution in [2.24, 2.45) is 11.5 Å². The smallest absolute Gasteiger partial charge is 0.0982 e. The van der Waals surface area contributed by atoms with Crippen molar-refractivity contribution in [3.63, 3.8) is 0 Å². The molecule has 0 bridgehead atoms. The van der Waals surface area contributed by atoms with Crippen LogP contribution < -0.4 is 11.5 Å². The van der Waals surface area contributed by atoms with Crippen LogP contribution in [-0.2, 0) is 0 Å². The molecule has 0 aliphatic rings. The van der Waals surface area contributed by atoms with E-state index < -0.39 is 0 Å². The molecule has 62 valence electrons. The molecule has 4 heteroatoms. The average Bonchev–Trinajstić information content (AvgIpc) is 2.05. The molecule has 0 radical (unpaired) electrons. The third-order valence-corrected chi connectivity index (χ3v) is 1.43. The largest absolute Gasteiger partial charge is 0.398 e. The highest BCUT2D eigenvalue weighted by atomic mass is 32.1. The molecular formula is C8H9N3S. The van der Waals surface area contributed by atoms with Gasteiger partial charge < -0.3 is 11.5 Å². The van der Waals surface area contributed by atoms with Gasteiger partial charge in [0.25, 0.3) is 0 Å². The summed E-state index contributed by atoms with van der Waals surface area (Å²) in [6.07, 6.45) is 4.87. The van der Waals surface area contributed by atoms with Crippen molar-refractivity contribution in [1.82, 2.24) is 4.98 Å². The fourth-order valence-electron chi connectivity index (χ4n) is 0.781. The second kappa shape index (κ2) is 3.82. The van der Waals surface area contributed by atoms with Gasteiger partial charge in [0, 0.05) is 23.7 Å². The Bertz CT molecular complexity index is 305. The molecule has 0 saturated carbocycles. The minimum atomic E-state index is 0.282. The molecule has 0 atom stereocenters. The van der Waals surface area contributed by atoms with Crippen molar-refractivity contribution in [2.45, 2.75) is 0 Å². The molecule has 0 unspecified atom stereocenters. The van der Waals surface area contributed by atoms with Crippen LogP contribution in [-0.4, -0.2) is 9.97 Å². The van der Waals surface area contributed by atoms with E-state index in [2.05, 4.69) is 17.2 Å². The van der Waals surface area contributed by atoms with Gasteiger partial charge in [-0.15, -0.1) is 0 Å². The molecule has 12 heavy (non-hydrogen) atoms. The van der Waals surface area contributed by atoms with Crippen molar-refractivity contribution in [2.75, 3.05) is 0 Å². The van der Waals surface area contributed by atoms with Crippen molar-refractivity contribution in [1.29, 1.82) is 0 Å². The topological polar surface area (TPSA) is 64.9 Å². The van der Waals surface area contributed by atoms with Crippen LogP contribution in [0.25, 0.3) is 5.70 Å². The highest BCUT2D eigenvalue weighted by molar-refractivity contribution is 7.80. The monoisotopic (exact) mass is 179 g/mol. The third kappa shape index (κ3) is 2.32. The molecule has 1 aromatic heterocycles. The van der Waals surface area contributed by atoms with E-state index in [4.69, 9.17) is 11.5 Å². The minimum Gasteiger partial charge on any atom is -0.398 e. The van der Waals surface area contributed by atoms with E-state index in [-0.39, 0.29) is 4.99 Å². The number of hydrogen-bond donors (Lipinski definition) is 2. The second-order valence-electron chi connectivity index (χ2n) is 2.24. The maximum Gasteiger partial charge on any atom is 0.0982 e. The van der Waals surface area contributed by atoms with Crippen molar-refractivity contribution in [3.8, 4) is 0 Å². The SMILES string of the molecule is NC(=S)/C=C(\N)c1ccncc1. The summed E-state index contributed by atoms with van der Waals surface area (Å²) in [5.74, 6) is 0. The quantitative estimate of drug-likeness (QED) is 0.517. The molecular weight excluding hydrogens is 170 g/mol. The maximum atomic E-state index is 5.66. The first kappa shape index (κ1) is 8.67. The first-order valence-electron chi connectivity index (χ1n) is 3.37. The number of nitrogens with two attached hydrogens (primary N) is 2. The first-order chi connectivity index (χ1) is 5.70. The number of rotatable bonds is 2. The van der Waals surface area contributed by atoms with Crippen LogP contribution in [0.15, 0.2) is 30.6 Å². The van der Waals surface area contributed by atoms with Crippen LogP contribution in [0.1, 0.15) is 5.56 Å². The highest BCUT2D eigenvalue weighted by Crippen LogP contribution is 2.05. The number of aromatic nitrogens is 1. The molecule has 0 aromatic carbocycles. The van der Waals surface area contributed by atoms with E-state index >= 15 is 0 Å². The van der Waals surface area contributed by atoms with Gasteiger partial charge in [0.15, 0.2) is 0 Å². The standard InChI is InChI=1S/C8H9N3S/c9-7(5-8(10)12)6-1-3-11-4-2-6/h1-5H,9H2,(H2,10,12)/b7-5-. The van der Waals surface area contributed by atoms with Crippen LogP contribution in [0.4, 0.5) is 0 Å². The molecule has 4 N–H and O–H groups in total. The molecule has 0 spiro atoms. The van der Waals surface area contributed by atoms with E-state index in [0.29, 0.717) is 5.70 Å². The molecule has 1 aromatic rings. The van der Waals surface area contributed by atoms with Gasteiger partial charge in [-0.2, -0.15) is 0 Å². The Morgan fingerprint density at radius 2 is 1.92 bits per heavy atom. The summed E-state index contributed by atoms with van der Waals surface area (Å²) < 4.78 is 0. The fourth-order valence-corrected chi connectivity index (χ4v) is 0.908. The number of nitrogens with zero attached hydrogens (tertiary/aromatic N) is 1. The molecule has 1 heterocycles. The van der Waals surface area contributed by atoms with Crippen molar-refractivity contribution < 1.29 is 0 Å². The Kier molecular flexibility index (Phi) is 2.76. The van der Waals surface area contributed by atoms with Crippen LogP contribution in [0.3, 0.4) is 0 Å². The van der Waals surface area contributed by atoms with Crippen LogP contribution in [0, 0.1) is 0 Å². The molecule has 3 nitrogen and oxygen atoms in total. The van der Waals surface area contributed by atoms with Crippen molar-refractivity contribution >= 4 is 22.9 Å². The third-order valence-electron chi connectivity index (χ3n) is 1.31. The minimum absolute atomic E-state index is 0.282. The molecule has 0 aliphatic carbocycles. The lowest BCUT2D eigenvalue weighted by atomic mass is 10.2. The summed E-state index contributed by atoms with van der Waals surface area (Å²) in [4.78, 5) is 4.14. The summed E-state index contributed by atoms with van der Waals surface area (Å²) in [5.41, 5.74) is 12.4. The Hall–Kier alpha value is -1.42. The summed E-state index contributed by atoms with van der Waals surface area (Å²) in [6.45, 7) is 0. The Morgan fingerprint density at radius 3 is 2.42 bits per heavy atom. The fraction of sp³-hybridized carbons (Fsp3) is 0. The highest BCUT2D eigenvalue weighted by Gasteiger charge is 1.94. The lowest BCUT2D eigenvalue weighted by molar-refractivity contribution is 1.31. The second-order valence-corrected chi connectivity index (χ2v) is 2.71. The predicted molar refractivity (Wildman–Crippen MR) is 53.2 cm³/mol. The van der Waals surface area contributed by atoms with Crippen LogP contribution >= 0.6 is 12.2 Å². The Labute approximate surface area is 76.1 Å². The Morgan fingerprint density at radius 1 is 1.33 bits per heavy atom. The summed E-state index contributed by atoms with van der Waals surface area (Å²) in [6, 6.07) is 3.59. The lowest BCUT2D eigenvalue weighted by Crippen LogP contribution is -2.07.